The van der Waals surface area contributed by atoms with Gasteiger partial charge in [0.25, 0.3) is 5.56 Å². The molecule has 0 radical (unpaired) electrons. The molecule has 1 N–H and O–H groups in total. The first-order chi connectivity index (χ1) is 13.3. The van der Waals surface area contributed by atoms with Crippen molar-refractivity contribution in [3.05, 3.63) is 20.8 Å². The van der Waals surface area contributed by atoms with Gasteiger partial charge in [-0.15, -0.1) is 11.3 Å². The average molecular weight is 426 g/mol. The second-order valence-electron chi connectivity index (χ2n) is 7.25. The van der Waals surface area contributed by atoms with Crippen molar-refractivity contribution in [3.63, 3.8) is 0 Å². The minimum absolute atomic E-state index is 0.0261. The number of ether oxygens (including phenoxy) is 1. The number of nitrogens with one attached hydrogen (secondary N) is 1. The fraction of sp³-hybridized carbons (Fsp3) is 0.650. The number of fused-ring (bicyclic) bond motifs is 1. The number of hydrogen-bond donors (Lipinski definition) is 1. The van der Waals surface area contributed by atoms with Crippen LogP contribution < -0.4 is 10.9 Å². The van der Waals surface area contributed by atoms with Crippen LogP contribution in [0.25, 0.3) is 10.2 Å². The molecule has 0 aliphatic heterocycles. The molecule has 156 valence electrons. The smallest absolute Gasteiger partial charge is 0.263 e. The summed E-state index contributed by atoms with van der Waals surface area (Å²) in [5.74, 6) is 0.571. The van der Waals surface area contributed by atoms with Gasteiger partial charge in [0.2, 0.25) is 5.91 Å². The van der Waals surface area contributed by atoms with Gasteiger partial charge in [0.1, 0.15) is 4.83 Å². The molecule has 2 aromatic rings. The average Bonchev–Trinajstić information content (AvgIpc) is 2.92. The Kier molecular flexibility index (Phi) is 8.52. The molecular weight excluding hydrogens is 394 g/mol. The highest BCUT2D eigenvalue weighted by atomic mass is 32.2. The van der Waals surface area contributed by atoms with Crippen LogP contribution in [-0.4, -0.2) is 40.5 Å². The summed E-state index contributed by atoms with van der Waals surface area (Å²) in [4.78, 5) is 32.0. The molecule has 0 fully saturated rings. The Balaban J connectivity index is 2.26. The van der Waals surface area contributed by atoms with E-state index in [2.05, 4.69) is 19.2 Å². The van der Waals surface area contributed by atoms with Crippen LogP contribution in [0.1, 0.15) is 44.6 Å². The molecule has 0 aromatic carbocycles. The molecule has 0 unspecified atom stereocenters. The second-order valence-corrected chi connectivity index (χ2v) is 9.40. The molecule has 28 heavy (non-hydrogen) atoms. The molecule has 6 nitrogen and oxygen atoms in total. The summed E-state index contributed by atoms with van der Waals surface area (Å²) in [5.41, 5.74) is 0.970. The summed E-state index contributed by atoms with van der Waals surface area (Å²) in [6.45, 7) is 13.9. The quantitative estimate of drug-likeness (QED) is 0.356. The molecule has 0 bridgehead atoms. The van der Waals surface area contributed by atoms with Crippen LogP contribution in [0.5, 0.6) is 0 Å². The van der Waals surface area contributed by atoms with Crippen molar-refractivity contribution in [1.82, 2.24) is 14.9 Å². The predicted molar refractivity (Wildman–Crippen MR) is 118 cm³/mol. The topological polar surface area (TPSA) is 73.2 Å². The number of aromatic nitrogens is 2. The van der Waals surface area contributed by atoms with E-state index < -0.39 is 0 Å². The first kappa shape index (κ1) is 22.9. The van der Waals surface area contributed by atoms with Crippen molar-refractivity contribution >= 4 is 39.2 Å². The number of carbonyl (C=O) groups excluding carboxylic acids is 1. The van der Waals surface area contributed by atoms with Crippen LogP contribution in [0.4, 0.5) is 0 Å². The fourth-order valence-corrected chi connectivity index (χ4v) is 4.58. The van der Waals surface area contributed by atoms with Crippen molar-refractivity contribution < 1.29 is 9.53 Å². The van der Waals surface area contributed by atoms with Crippen LogP contribution in [0, 0.1) is 19.8 Å². The molecule has 0 saturated heterocycles. The third kappa shape index (κ3) is 5.58. The Morgan fingerprint density at radius 2 is 2.04 bits per heavy atom. The summed E-state index contributed by atoms with van der Waals surface area (Å²) in [5, 5.41) is 4.30. The van der Waals surface area contributed by atoms with Crippen LogP contribution in [-0.2, 0) is 16.1 Å². The van der Waals surface area contributed by atoms with Crippen molar-refractivity contribution in [2.45, 2.75) is 65.7 Å². The lowest BCUT2D eigenvalue weighted by molar-refractivity contribution is -0.119. The lowest BCUT2D eigenvalue weighted by Gasteiger charge is -2.17. The molecule has 1 amide bonds. The van der Waals surface area contributed by atoms with Crippen molar-refractivity contribution in [2.75, 3.05) is 19.0 Å². The maximum Gasteiger partial charge on any atom is 0.263 e. The fourth-order valence-electron chi connectivity index (χ4n) is 2.68. The maximum absolute atomic E-state index is 13.1. The van der Waals surface area contributed by atoms with E-state index in [1.165, 1.54) is 23.1 Å². The summed E-state index contributed by atoms with van der Waals surface area (Å²) in [6.07, 6.45) is 0.729. The molecular formula is C20H31N3O3S2. The van der Waals surface area contributed by atoms with E-state index in [1.807, 2.05) is 27.7 Å². The lowest BCUT2D eigenvalue weighted by Crippen LogP contribution is -2.37. The van der Waals surface area contributed by atoms with Gasteiger partial charge in [0, 0.05) is 30.7 Å². The summed E-state index contributed by atoms with van der Waals surface area (Å²) in [7, 11) is 0. The van der Waals surface area contributed by atoms with Gasteiger partial charge in [-0.1, -0.05) is 25.6 Å². The van der Waals surface area contributed by atoms with Crippen molar-refractivity contribution in [1.29, 1.82) is 0 Å². The summed E-state index contributed by atoms with van der Waals surface area (Å²) >= 11 is 2.86. The van der Waals surface area contributed by atoms with Crippen LogP contribution in [0.2, 0.25) is 0 Å². The highest BCUT2D eigenvalue weighted by Gasteiger charge is 2.18. The SMILES string of the molecule is CCOCCCn1c(SCC(=O)N[C@H](C)C(C)C)nc2sc(C)c(C)c2c1=O. The second kappa shape index (κ2) is 10.4. The Bertz CT molecular complexity index is 874. The van der Waals surface area contributed by atoms with Gasteiger partial charge < -0.3 is 10.1 Å². The number of aryl methyl sites for hydroxylation is 2. The van der Waals surface area contributed by atoms with E-state index in [9.17, 15) is 9.59 Å². The van der Waals surface area contributed by atoms with Gasteiger partial charge in [-0.2, -0.15) is 0 Å². The Hall–Kier alpha value is -1.38. The standard InChI is InChI=1S/C20H31N3O3S2/c1-7-26-10-8-9-23-19(25)17-13(4)15(6)28-18(17)22-20(23)27-11-16(24)21-14(5)12(2)3/h12,14H,7-11H2,1-6H3,(H,21,24)/t14-/m1/s1. The molecule has 8 heteroatoms. The summed E-state index contributed by atoms with van der Waals surface area (Å²) in [6, 6.07) is 0.111. The number of thiophene rings is 1. The Morgan fingerprint density at radius 1 is 1.32 bits per heavy atom. The van der Waals surface area contributed by atoms with Crippen LogP contribution in [0.15, 0.2) is 9.95 Å². The van der Waals surface area contributed by atoms with Gasteiger partial charge in [0.05, 0.1) is 11.1 Å². The molecule has 2 aromatic heterocycles. The highest BCUT2D eigenvalue weighted by Crippen LogP contribution is 2.28. The van der Waals surface area contributed by atoms with Crippen molar-refractivity contribution in [2.24, 2.45) is 5.92 Å². The van der Waals surface area contributed by atoms with Gasteiger partial charge in [0.15, 0.2) is 5.16 Å². The van der Waals surface area contributed by atoms with E-state index in [-0.39, 0.29) is 23.3 Å². The van der Waals surface area contributed by atoms with Gasteiger partial charge >= 0.3 is 0 Å². The van der Waals surface area contributed by atoms with Crippen LogP contribution in [0.3, 0.4) is 0 Å². The number of rotatable bonds is 10. The van der Waals surface area contributed by atoms with Crippen LogP contribution >= 0.6 is 23.1 Å². The van der Waals surface area contributed by atoms with Crippen molar-refractivity contribution in [3.8, 4) is 0 Å². The number of thioether (sulfide) groups is 1. The number of hydrogen-bond acceptors (Lipinski definition) is 6. The molecule has 2 heterocycles. The zero-order chi connectivity index (χ0) is 20.8. The minimum Gasteiger partial charge on any atom is -0.382 e. The molecule has 0 saturated carbocycles. The number of carbonyl (C=O) groups is 1. The van der Waals surface area contributed by atoms with E-state index in [1.54, 1.807) is 4.57 Å². The van der Waals surface area contributed by atoms with Gasteiger partial charge in [-0.3, -0.25) is 14.2 Å². The van der Waals surface area contributed by atoms with E-state index >= 15 is 0 Å². The first-order valence-electron chi connectivity index (χ1n) is 9.76. The monoisotopic (exact) mass is 425 g/mol. The third-order valence-corrected chi connectivity index (χ3v) is 6.93. The molecule has 0 aliphatic carbocycles. The third-order valence-electron chi connectivity index (χ3n) is 4.85. The summed E-state index contributed by atoms with van der Waals surface area (Å²) < 4.78 is 7.11. The molecule has 0 spiro atoms. The Morgan fingerprint density at radius 3 is 2.68 bits per heavy atom. The zero-order valence-corrected chi connectivity index (χ0v) is 19.3. The van der Waals surface area contributed by atoms with Gasteiger partial charge in [-0.05, 0) is 45.6 Å². The Labute approximate surface area is 175 Å². The number of amides is 1. The van der Waals surface area contributed by atoms with Gasteiger partial charge in [-0.25, -0.2) is 4.98 Å². The zero-order valence-electron chi connectivity index (χ0n) is 17.6. The minimum atomic E-state index is -0.0417. The number of nitrogens with zero attached hydrogens (tertiary/aromatic N) is 2. The largest absolute Gasteiger partial charge is 0.382 e. The van der Waals surface area contributed by atoms with E-state index in [0.29, 0.717) is 36.2 Å². The highest BCUT2D eigenvalue weighted by molar-refractivity contribution is 7.99. The normalized spacial score (nSPS) is 12.7. The molecule has 0 aliphatic rings. The predicted octanol–water partition coefficient (Wildman–Crippen LogP) is 3.75. The van der Waals surface area contributed by atoms with E-state index in [0.717, 1.165) is 21.7 Å². The first-order valence-corrected chi connectivity index (χ1v) is 11.6. The molecule has 1 atom stereocenters. The molecule has 2 rings (SSSR count). The van der Waals surface area contributed by atoms with E-state index in [4.69, 9.17) is 9.72 Å². The lowest BCUT2D eigenvalue weighted by atomic mass is 10.1. The maximum atomic E-state index is 13.1.